The van der Waals surface area contributed by atoms with Gasteiger partial charge in [0.25, 0.3) is 0 Å². The fraction of sp³-hybridized carbons (Fsp3) is 0.308. The van der Waals surface area contributed by atoms with Crippen LogP contribution in [0, 0.1) is 6.92 Å². The van der Waals surface area contributed by atoms with E-state index in [4.69, 9.17) is 17.3 Å². The number of hydrogen-bond donors (Lipinski definition) is 1. The first kappa shape index (κ1) is 11.2. The lowest BCUT2D eigenvalue weighted by atomic mass is 10.0. The number of rotatable bonds is 1. The summed E-state index contributed by atoms with van der Waals surface area (Å²) in [7, 11) is 0. The van der Waals surface area contributed by atoms with Crippen LogP contribution in [0.3, 0.4) is 0 Å². The second-order valence-electron chi connectivity index (χ2n) is 4.36. The van der Waals surface area contributed by atoms with Gasteiger partial charge in [0.2, 0.25) is 0 Å². The zero-order valence-electron chi connectivity index (χ0n) is 9.71. The predicted octanol–water partition coefficient (Wildman–Crippen LogP) is 3.90. The zero-order valence-corrected chi connectivity index (χ0v) is 10.5. The SMILES string of the molecule is Cc1c(Cl)ccc2cc(C(C)C)c(N)nc12. The van der Waals surface area contributed by atoms with Crippen molar-refractivity contribution in [2.24, 2.45) is 0 Å². The maximum absolute atomic E-state index is 6.06. The summed E-state index contributed by atoms with van der Waals surface area (Å²) in [4.78, 5) is 4.45. The van der Waals surface area contributed by atoms with Crippen LogP contribution in [0.15, 0.2) is 18.2 Å². The van der Waals surface area contributed by atoms with Gasteiger partial charge in [-0.3, -0.25) is 0 Å². The van der Waals surface area contributed by atoms with E-state index < -0.39 is 0 Å². The van der Waals surface area contributed by atoms with Crippen LogP contribution in [0.1, 0.15) is 30.9 Å². The fourth-order valence-electron chi connectivity index (χ4n) is 1.85. The fourth-order valence-corrected chi connectivity index (χ4v) is 2.00. The Morgan fingerprint density at radius 3 is 2.62 bits per heavy atom. The van der Waals surface area contributed by atoms with E-state index in [0.29, 0.717) is 11.7 Å². The Hall–Kier alpha value is -1.28. The molecule has 0 aliphatic rings. The van der Waals surface area contributed by atoms with Gasteiger partial charge in [-0.2, -0.15) is 0 Å². The number of benzene rings is 1. The van der Waals surface area contributed by atoms with Gasteiger partial charge < -0.3 is 5.73 Å². The molecular weight excluding hydrogens is 220 g/mol. The van der Waals surface area contributed by atoms with Gasteiger partial charge >= 0.3 is 0 Å². The first-order chi connectivity index (χ1) is 7.50. The summed E-state index contributed by atoms with van der Waals surface area (Å²) >= 11 is 6.06. The highest BCUT2D eigenvalue weighted by Gasteiger charge is 2.10. The van der Waals surface area contributed by atoms with Gasteiger partial charge in [-0.1, -0.05) is 31.5 Å². The summed E-state index contributed by atoms with van der Waals surface area (Å²) in [6.07, 6.45) is 0. The minimum atomic E-state index is 0.382. The lowest BCUT2D eigenvalue weighted by Crippen LogP contribution is -2.00. The minimum Gasteiger partial charge on any atom is -0.383 e. The molecule has 0 amide bonds. The van der Waals surface area contributed by atoms with Gasteiger partial charge in [-0.25, -0.2) is 4.98 Å². The third-order valence-electron chi connectivity index (χ3n) is 2.86. The second kappa shape index (κ2) is 3.95. The molecule has 0 spiro atoms. The lowest BCUT2D eigenvalue weighted by Gasteiger charge is -2.11. The second-order valence-corrected chi connectivity index (χ2v) is 4.77. The molecule has 2 N–H and O–H groups in total. The Morgan fingerprint density at radius 2 is 2.00 bits per heavy atom. The maximum atomic E-state index is 6.06. The molecule has 0 fully saturated rings. The Balaban J connectivity index is 2.79. The standard InChI is InChI=1S/C13H15ClN2/c1-7(2)10-6-9-4-5-11(14)8(3)12(9)16-13(10)15/h4-7H,1-3H3,(H2,15,16). The molecule has 0 radical (unpaired) electrons. The van der Waals surface area contributed by atoms with E-state index in [1.165, 1.54) is 0 Å². The molecule has 2 nitrogen and oxygen atoms in total. The van der Waals surface area contributed by atoms with Crippen molar-refractivity contribution in [1.29, 1.82) is 0 Å². The van der Waals surface area contributed by atoms with Crippen LogP contribution in [0.4, 0.5) is 5.82 Å². The lowest BCUT2D eigenvalue weighted by molar-refractivity contribution is 0.866. The summed E-state index contributed by atoms with van der Waals surface area (Å²) in [6, 6.07) is 6.00. The normalized spacial score (nSPS) is 11.3. The molecule has 1 heterocycles. The van der Waals surface area contributed by atoms with Gasteiger partial charge in [0, 0.05) is 10.4 Å². The molecule has 1 aromatic heterocycles. The molecular formula is C13H15ClN2. The van der Waals surface area contributed by atoms with E-state index in [2.05, 4.69) is 24.9 Å². The van der Waals surface area contributed by atoms with Crippen LogP contribution >= 0.6 is 11.6 Å². The average Bonchev–Trinajstić information content (AvgIpc) is 2.23. The molecule has 2 aromatic rings. The highest BCUT2D eigenvalue weighted by molar-refractivity contribution is 6.32. The third-order valence-corrected chi connectivity index (χ3v) is 3.27. The molecule has 0 unspecified atom stereocenters. The Kier molecular flexibility index (Phi) is 2.76. The Bertz CT molecular complexity index is 547. The summed E-state index contributed by atoms with van der Waals surface area (Å²) in [5.74, 6) is 0.987. The highest BCUT2D eigenvalue weighted by atomic mass is 35.5. The van der Waals surface area contributed by atoms with Crippen molar-refractivity contribution in [3.05, 3.63) is 34.3 Å². The van der Waals surface area contributed by atoms with Gasteiger partial charge in [-0.15, -0.1) is 0 Å². The summed E-state index contributed by atoms with van der Waals surface area (Å²) in [5, 5.41) is 1.83. The molecule has 0 bridgehead atoms. The van der Waals surface area contributed by atoms with Crippen molar-refractivity contribution in [2.75, 3.05) is 5.73 Å². The van der Waals surface area contributed by atoms with E-state index in [9.17, 15) is 0 Å². The topological polar surface area (TPSA) is 38.9 Å². The van der Waals surface area contributed by atoms with Gasteiger partial charge in [0.05, 0.1) is 5.52 Å². The number of nitrogens with zero attached hydrogens (tertiary/aromatic N) is 1. The molecule has 0 aliphatic heterocycles. The van der Waals surface area contributed by atoms with E-state index in [1.54, 1.807) is 0 Å². The van der Waals surface area contributed by atoms with Gasteiger partial charge in [0.1, 0.15) is 5.82 Å². The van der Waals surface area contributed by atoms with E-state index in [1.807, 2.05) is 19.1 Å². The first-order valence-corrected chi connectivity index (χ1v) is 5.73. The van der Waals surface area contributed by atoms with Crippen LogP contribution in [0.5, 0.6) is 0 Å². The average molecular weight is 235 g/mol. The number of nitrogens with two attached hydrogens (primary N) is 1. The summed E-state index contributed by atoms with van der Waals surface area (Å²) in [5.41, 5.74) is 8.93. The number of aromatic nitrogens is 1. The number of aryl methyl sites for hydroxylation is 1. The summed E-state index contributed by atoms with van der Waals surface area (Å²) in [6.45, 7) is 6.19. The van der Waals surface area contributed by atoms with Crippen molar-refractivity contribution < 1.29 is 0 Å². The molecule has 0 saturated heterocycles. The van der Waals surface area contributed by atoms with Crippen LogP contribution in [-0.4, -0.2) is 4.98 Å². The smallest absolute Gasteiger partial charge is 0.127 e. The molecule has 2 rings (SSSR count). The van der Waals surface area contributed by atoms with Crippen molar-refractivity contribution in [2.45, 2.75) is 26.7 Å². The van der Waals surface area contributed by atoms with Crippen molar-refractivity contribution in [3.8, 4) is 0 Å². The highest BCUT2D eigenvalue weighted by Crippen LogP contribution is 2.29. The molecule has 0 saturated carbocycles. The molecule has 84 valence electrons. The van der Waals surface area contributed by atoms with Crippen LogP contribution < -0.4 is 5.73 Å². The van der Waals surface area contributed by atoms with E-state index in [0.717, 1.165) is 27.1 Å². The monoisotopic (exact) mass is 234 g/mol. The maximum Gasteiger partial charge on any atom is 0.127 e. The van der Waals surface area contributed by atoms with E-state index >= 15 is 0 Å². The van der Waals surface area contributed by atoms with Crippen molar-refractivity contribution >= 4 is 28.3 Å². The molecule has 0 atom stereocenters. The van der Waals surface area contributed by atoms with E-state index in [-0.39, 0.29) is 0 Å². The van der Waals surface area contributed by atoms with Gasteiger partial charge in [-0.05, 0) is 36.1 Å². The van der Waals surface area contributed by atoms with Crippen LogP contribution in [-0.2, 0) is 0 Å². The van der Waals surface area contributed by atoms with Crippen LogP contribution in [0.2, 0.25) is 5.02 Å². The number of halogens is 1. The molecule has 1 aromatic carbocycles. The number of anilines is 1. The largest absolute Gasteiger partial charge is 0.383 e. The van der Waals surface area contributed by atoms with Crippen LogP contribution in [0.25, 0.3) is 10.9 Å². The number of pyridine rings is 1. The van der Waals surface area contributed by atoms with Gasteiger partial charge in [0.15, 0.2) is 0 Å². The molecule has 0 aliphatic carbocycles. The molecule has 3 heteroatoms. The Labute approximate surface area is 100 Å². The minimum absolute atomic E-state index is 0.382. The number of hydrogen-bond acceptors (Lipinski definition) is 2. The number of nitrogen functional groups attached to an aromatic ring is 1. The predicted molar refractivity (Wildman–Crippen MR) is 70.0 cm³/mol. The number of fused-ring (bicyclic) bond motifs is 1. The summed E-state index contributed by atoms with van der Waals surface area (Å²) < 4.78 is 0. The zero-order chi connectivity index (χ0) is 11.9. The molecule has 16 heavy (non-hydrogen) atoms. The third kappa shape index (κ3) is 1.74. The van der Waals surface area contributed by atoms with Crippen molar-refractivity contribution in [1.82, 2.24) is 4.98 Å². The Morgan fingerprint density at radius 1 is 1.31 bits per heavy atom. The van der Waals surface area contributed by atoms with Crippen molar-refractivity contribution in [3.63, 3.8) is 0 Å². The first-order valence-electron chi connectivity index (χ1n) is 5.36. The quantitative estimate of drug-likeness (QED) is 0.813.